The maximum absolute atomic E-state index is 13.0. The number of imidazole rings is 1. The molecule has 0 atom stereocenters. The predicted molar refractivity (Wildman–Crippen MR) is 103 cm³/mol. The highest BCUT2D eigenvalue weighted by Gasteiger charge is 2.41. The molecular weight excluding hydrogens is 356 g/mol. The number of benzene rings is 1. The van der Waals surface area contributed by atoms with Crippen LogP contribution in [0, 0.1) is 6.92 Å². The maximum Gasteiger partial charge on any atom is 0.261 e. The zero-order valence-electron chi connectivity index (χ0n) is 15.8. The molecule has 0 saturated carbocycles. The minimum absolute atomic E-state index is 0.0323. The lowest BCUT2D eigenvalue weighted by molar-refractivity contribution is 0.0516. The summed E-state index contributed by atoms with van der Waals surface area (Å²) in [5.74, 6) is 0.890. The smallest absolute Gasteiger partial charge is 0.261 e. The van der Waals surface area contributed by atoms with Gasteiger partial charge in [-0.25, -0.2) is 15.0 Å². The van der Waals surface area contributed by atoms with Crippen molar-refractivity contribution in [1.29, 1.82) is 0 Å². The molecule has 1 saturated heterocycles. The van der Waals surface area contributed by atoms with E-state index in [-0.39, 0.29) is 17.9 Å². The number of H-pyrrole nitrogens is 1. The number of carbonyl (C=O) groups is 2. The predicted octanol–water partition coefficient (Wildman–Crippen LogP) is 2.02. The van der Waals surface area contributed by atoms with Crippen LogP contribution in [0.5, 0.6) is 0 Å². The lowest BCUT2D eigenvalue weighted by Crippen LogP contribution is -2.46. The number of nitrogens with one attached hydrogen (secondary N) is 1. The van der Waals surface area contributed by atoms with E-state index < -0.39 is 0 Å². The Morgan fingerprint density at radius 2 is 1.68 bits per heavy atom. The van der Waals surface area contributed by atoms with Crippen molar-refractivity contribution in [2.75, 3.05) is 20.1 Å². The van der Waals surface area contributed by atoms with Crippen LogP contribution in [0.25, 0.3) is 22.4 Å². The molecule has 1 N–H and O–H groups in total. The Bertz CT molecular complexity index is 1040. The molecule has 1 fully saturated rings. The summed E-state index contributed by atoms with van der Waals surface area (Å²) in [4.78, 5) is 45.8. The third kappa shape index (κ3) is 2.60. The number of hydrogen-bond acceptors (Lipinski definition) is 6. The number of aryl methyl sites for hydroxylation is 1. The Labute approximate surface area is 161 Å². The number of likely N-dealkylation sites (tertiary alicyclic amines) is 1. The highest BCUT2D eigenvalue weighted by atomic mass is 16.2. The second-order valence-corrected chi connectivity index (χ2v) is 7.53. The molecule has 5 rings (SSSR count). The SMILES string of the molecule is Cc1ncc(-c2nc3cc4c(cc3[nH]2)C(=O)N(C2CCN(C)CC2)C4=O)cn1. The molecule has 8 heteroatoms. The van der Waals surface area contributed by atoms with E-state index >= 15 is 0 Å². The first-order valence-electron chi connectivity index (χ1n) is 9.40. The first-order valence-corrected chi connectivity index (χ1v) is 9.40. The minimum Gasteiger partial charge on any atom is -0.338 e. The molecule has 8 nitrogen and oxygen atoms in total. The zero-order chi connectivity index (χ0) is 19.4. The number of nitrogens with zero attached hydrogens (tertiary/aromatic N) is 5. The highest BCUT2D eigenvalue weighted by Crippen LogP contribution is 2.32. The van der Waals surface area contributed by atoms with E-state index in [0.717, 1.165) is 37.0 Å². The van der Waals surface area contributed by atoms with Crippen molar-refractivity contribution in [1.82, 2.24) is 29.7 Å². The van der Waals surface area contributed by atoms with Gasteiger partial charge in [-0.2, -0.15) is 0 Å². The summed E-state index contributed by atoms with van der Waals surface area (Å²) < 4.78 is 0. The van der Waals surface area contributed by atoms with Gasteiger partial charge in [-0.1, -0.05) is 0 Å². The van der Waals surface area contributed by atoms with Crippen LogP contribution in [0.15, 0.2) is 24.5 Å². The summed E-state index contributed by atoms with van der Waals surface area (Å²) in [5.41, 5.74) is 3.02. The Kier molecular flexibility index (Phi) is 3.77. The molecule has 142 valence electrons. The van der Waals surface area contributed by atoms with E-state index in [1.54, 1.807) is 24.5 Å². The number of rotatable bonds is 2. The van der Waals surface area contributed by atoms with Gasteiger partial charge in [0.2, 0.25) is 0 Å². The second kappa shape index (κ2) is 6.20. The molecule has 2 aliphatic heterocycles. The van der Waals surface area contributed by atoms with Crippen LogP contribution in [0.2, 0.25) is 0 Å². The van der Waals surface area contributed by atoms with Gasteiger partial charge in [0.1, 0.15) is 11.6 Å². The molecule has 4 heterocycles. The number of imide groups is 1. The van der Waals surface area contributed by atoms with E-state index in [1.165, 1.54) is 4.90 Å². The van der Waals surface area contributed by atoms with E-state index in [2.05, 4.69) is 31.9 Å². The van der Waals surface area contributed by atoms with Gasteiger partial charge in [0, 0.05) is 18.4 Å². The fraction of sp³-hybridized carbons (Fsp3) is 0.350. The van der Waals surface area contributed by atoms with Gasteiger partial charge in [-0.05, 0) is 52.0 Å². The van der Waals surface area contributed by atoms with E-state index in [4.69, 9.17) is 0 Å². The Balaban J connectivity index is 1.51. The summed E-state index contributed by atoms with van der Waals surface area (Å²) in [7, 11) is 2.06. The number of aromatic nitrogens is 4. The topological polar surface area (TPSA) is 95.1 Å². The van der Waals surface area contributed by atoms with Crippen LogP contribution in [0.1, 0.15) is 39.4 Å². The van der Waals surface area contributed by atoms with Gasteiger partial charge in [0.05, 0.1) is 27.7 Å². The molecule has 1 aromatic carbocycles. The van der Waals surface area contributed by atoms with Crippen LogP contribution in [0.3, 0.4) is 0 Å². The molecule has 3 aromatic rings. The van der Waals surface area contributed by atoms with Crippen LogP contribution < -0.4 is 0 Å². The molecule has 0 bridgehead atoms. The number of amides is 2. The lowest BCUT2D eigenvalue weighted by atomic mass is 10.0. The summed E-state index contributed by atoms with van der Waals surface area (Å²) in [6, 6.07) is 3.43. The summed E-state index contributed by atoms with van der Waals surface area (Å²) in [6.07, 6.45) is 5.03. The van der Waals surface area contributed by atoms with Crippen LogP contribution >= 0.6 is 0 Å². The molecule has 0 radical (unpaired) electrons. The van der Waals surface area contributed by atoms with Gasteiger partial charge in [0.15, 0.2) is 0 Å². The third-order valence-corrected chi connectivity index (χ3v) is 5.63. The van der Waals surface area contributed by atoms with Crippen molar-refractivity contribution < 1.29 is 9.59 Å². The molecule has 2 aromatic heterocycles. The van der Waals surface area contributed by atoms with Crippen molar-refractivity contribution in [3.8, 4) is 11.4 Å². The Morgan fingerprint density at radius 1 is 1.04 bits per heavy atom. The summed E-state index contributed by atoms with van der Waals surface area (Å²) in [6.45, 7) is 3.60. The van der Waals surface area contributed by atoms with E-state index in [1.807, 2.05) is 6.92 Å². The molecule has 28 heavy (non-hydrogen) atoms. The minimum atomic E-state index is -0.209. The van der Waals surface area contributed by atoms with Crippen molar-refractivity contribution in [3.63, 3.8) is 0 Å². The highest BCUT2D eigenvalue weighted by molar-refractivity contribution is 6.23. The van der Waals surface area contributed by atoms with Crippen molar-refractivity contribution in [2.45, 2.75) is 25.8 Å². The molecule has 2 amide bonds. The summed E-state index contributed by atoms with van der Waals surface area (Å²) >= 11 is 0. The van der Waals surface area contributed by atoms with Gasteiger partial charge in [-0.3, -0.25) is 14.5 Å². The largest absolute Gasteiger partial charge is 0.338 e. The van der Waals surface area contributed by atoms with Gasteiger partial charge >= 0.3 is 0 Å². The number of aromatic amines is 1. The number of fused-ring (bicyclic) bond motifs is 2. The maximum atomic E-state index is 13.0. The normalized spacial score (nSPS) is 18.3. The summed E-state index contributed by atoms with van der Waals surface area (Å²) in [5, 5.41) is 0. The average molecular weight is 376 g/mol. The van der Waals surface area contributed by atoms with Gasteiger partial charge in [-0.15, -0.1) is 0 Å². The molecule has 0 spiro atoms. The van der Waals surface area contributed by atoms with Crippen molar-refractivity contribution in [3.05, 3.63) is 41.5 Å². The van der Waals surface area contributed by atoms with Crippen LogP contribution in [-0.2, 0) is 0 Å². The molecular formula is C20H20N6O2. The first-order chi connectivity index (χ1) is 13.5. The quantitative estimate of drug-likeness (QED) is 0.688. The monoisotopic (exact) mass is 376 g/mol. The molecule has 0 aliphatic carbocycles. The van der Waals surface area contributed by atoms with Crippen LogP contribution in [-0.4, -0.2) is 67.7 Å². The van der Waals surface area contributed by atoms with Gasteiger partial charge < -0.3 is 9.88 Å². The van der Waals surface area contributed by atoms with E-state index in [0.29, 0.717) is 28.3 Å². The molecule has 2 aliphatic rings. The first kappa shape index (κ1) is 17.0. The van der Waals surface area contributed by atoms with Crippen molar-refractivity contribution >= 4 is 22.8 Å². The number of hydrogen-bond donors (Lipinski definition) is 1. The lowest BCUT2D eigenvalue weighted by Gasteiger charge is -2.33. The Hall–Kier alpha value is -3.13. The van der Waals surface area contributed by atoms with Gasteiger partial charge in [0.25, 0.3) is 11.8 Å². The average Bonchev–Trinajstić information content (AvgIpc) is 3.21. The Morgan fingerprint density at radius 3 is 2.36 bits per heavy atom. The van der Waals surface area contributed by atoms with Crippen molar-refractivity contribution in [2.24, 2.45) is 0 Å². The second-order valence-electron chi connectivity index (χ2n) is 7.53. The fourth-order valence-electron chi connectivity index (χ4n) is 4.00. The zero-order valence-corrected chi connectivity index (χ0v) is 15.8. The van der Waals surface area contributed by atoms with E-state index in [9.17, 15) is 9.59 Å². The standard InChI is InChI=1S/C20H20N6O2/c1-11-21-9-12(10-22-11)18-23-16-7-14-15(8-17(16)24-18)20(28)26(19(14)27)13-3-5-25(2)6-4-13/h7-10,13H,3-6H2,1-2H3,(H,23,24). The van der Waals surface area contributed by atoms with Crippen LogP contribution in [0.4, 0.5) is 0 Å². The fourth-order valence-corrected chi connectivity index (χ4v) is 4.00. The molecule has 0 unspecified atom stereocenters. The number of piperidine rings is 1. The number of carbonyl (C=O) groups excluding carboxylic acids is 2. The third-order valence-electron chi connectivity index (χ3n) is 5.63.